The van der Waals surface area contributed by atoms with Crippen molar-refractivity contribution in [3.8, 4) is 0 Å². The van der Waals surface area contributed by atoms with Crippen LogP contribution in [-0.2, 0) is 11.3 Å². The predicted octanol–water partition coefficient (Wildman–Crippen LogP) is 1.46. The molecule has 1 N–H and O–H groups in total. The lowest BCUT2D eigenvalue weighted by Gasteiger charge is -2.30. The van der Waals surface area contributed by atoms with E-state index in [4.69, 9.17) is 5.11 Å². The molecule has 110 valence electrons. The summed E-state index contributed by atoms with van der Waals surface area (Å²) in [5.41, 5.74) is 2.19. The van der Waals surface area contributed by atoms with Crippen molar-refractivity contribution in [1.82, 2.24) is 14.7 Å². The maximum Gasteiger partial charge on any atom is 0.308 e. The molecular formula is C14H21N3O3. The molecule has 2 heterocycles. The number of carbonyl (C=O) groups is 2. The molecule has 1 aliphatic rings. The van der Waals surface area contributed by atoms with Gasteiger partial charge in [0.15, 0.2) is 0 Å². The SMILES string of the molecule is CCn1nc(C)c(C(=O)N2CCC[C@H](C(=O)O)C2)c1C. The topological polar surface area (TPSA) is 75.4 Å². The molecular weight excluding hydrogens is 258 g/mol. The van der Waals surface area contributed by atoms with E-state index in [1.165, 1.54) is 0 Å². The number of aliphatic carboxylic acids is 1. The molecule has 1 aromatic heterocycles. The van der Waals surface area contributed by atoms with Crippen molar-refractivity contribution in [2.75, 3.05) is 13.1 Å². The van der Waals surface area contributed by atoms with Crippen molar-refractivity contribution in [2.45, 2.75) is 40.2 Å². The summed E-state index contributed by atoms with van der Waals surface area (Å²) in [6, 6.07) is 0. The van der Waals surface area contributed by atoms with Gasteiger partial charge in [-0.15, -0.1) is 0 Å². The lowest BCUT2D eigenvalue weighted by molar-refractivity contribution is -0.143. The summed E-state index contributed by atoms with van der Waals surface area (Å²) in [6.07, 6.45) is 1.38. The maximum atomic E-state index is 12.6. The van der Waals surface area contributed by atoms with Gasteiger partial charge in [0.2, 0.25) is 0 Å². The van der Waals surface area contributed by atoms with Gasteiger partial charge in [-0.25, -0.2) is 0 Å². The fourth-order valence-electron chi connectivity index (χ4n) is 2.84. The second-order valence-corrected chi connectivity index (χ2v) is 5.29. The Balaban J connectivity index is 2.23. The lowest BCUT2D eigenvalue weighted by Crippen LogP contribution is -2.42. The van der Waals surface area contributed by atoms with Crippen LogP contribution >= 0.6 is 0 Å². The number of carbonyl (C=O) groups excluding carboxylic acids is 1. The third-order valence-corrected chi connectivity index (χ3v) is 3.95. The zero-order valence-corrected chi connectivity index (χ0v) is 12.2. The smallest absolute Gasteiger partial charge is 0.308 e. The quantitative estimate of drug-likeness (QED) is 0.908. The second kappa shape index (κ2) is 5.64. The van der Waals surface area contributed by atoms with Crippen molar-refractivity contribution in [2.24, 2.45) is 5.92 Å². The van der Waals surface area contributed by atoms with Gasteiger partial charge in [0.25, 0.3) is 5.91 Å². The molecule has 0 saturated carbocycles. The second-order valence-electron chi connectivity index (χ2n) is 5.29. The Kier molecular flexibility index (Phi) is 4.11. The number of aryl methyl sites for hydroxylation is 2. The van der Waals surface area contributed by atoms with Crippen LogP contribution in [0.15, 0.2) is 0 Å². The van der Waals surface area contributed by atoms with Crippen LogP contribution < -0.4 is 0 Å². The minimum Gasteiger partial charge on any atom is -0.481 e. The van der Waals surface area contributed by atoms with Gasteiger partial charge >= 0.3 is 5.97 Å². The minimum atomic E-state index is -0.819. The molecule has 0 aliphatic carbocycles. The number of likely N-dealkylation sites (tertiary alicyclic amines) is 1. The summed E-state index contributed by atoms with van der Waals surface area (Å²) in [7, 11) is 0. The average Bonchev–Trinajstić information content (AvgIpc) is 2.72. The van der Waals surface area contributed by atoms with Crippen LogP contribution in [-0.4, -0.2) is 44.8 Å². The Bertz CT molecular complexity index is 536. The molecule has 1 aliphatic heterocycles. The highest BCUT2D eigenvalue weighted by atomic mass is 16.4. The van der Waals surface area contributed by atoms with Crippen molar-refractivity contribution >= 4 is 11.9 Å². The van der Waals surface area contributed by atoms with E-state index in [1.807, 2.05) is 20.8 Å². The van der Waals surface area contributed by atoms with Gasteiger partial charge in [-0.1, -0.05) is 0 Å². The van der Waals surface area contributed by atoms with Gasteiger partial charge in [-0.05, 0) is 33.6 Å². The number of nitrogens with zero attached hydrogens (tertiary/aromatic N) is 3. The van der Waals surface area contributed by atoms with E-state index in [0.29, 0.717) is 30.8 Å². The normalized spacial score (nSPS) is 19.1. The molecule has 20 heavy (non-hydrogen) atoms. The first-order valence-corrected chi connectivity index (χ1v) is 7.01. The number of rotatable bonds is 3. The van der Waals surface area contributed by atoms with Gasteiger partial charge in [-0.2, -0.15) is 5.10 Å². The number of aromatic nitrogens is 2. The molecule has 0 spiro atoms. The molecule has 1 atom stereocenters. The van der Waals surface area contributed by atoms with E-state index in [2.05, 4.69) is 5.10 Å². The minimum absolute atomic E-state index is 0.0920. The first-order chi connectivity index (χ1) is 9.45. The number of hydrogen-bond acceptors (Lipinski definition) is 3. The van der Waals surface area contributed by atoms with Crippen LogP contribution in [0.4, 0.5) is 0 Å². The van der Waals surface area contributed by atoms with E-state index in [0.717, 1.165) is 18.7 Å². The van der Waals surface area contributed by atoms with E-state index < -0.39 is 11.9 Å². The van der Waals surface area contributed by atoms with Gasteiger partial charge in [0, 0.05) is 25.3 Å². The van der Waals surface area contributed by atoms with Gasteiger partial charge in [-0.3, -0.25) is 14.3 Å². The Hall–Kier alpha value is -1.85. The van der Waals surface area contributed by atoms with Crippen LogP contribution in [0.3, 0.4) is 0 Å². The van der Waals surface area contributed by atoms with Crippen LogP contribution in [0.5, 0.6) is 0 Å². The molecule has 6 nitrogen and oxygen atoms in total. The van der Waals surface area contributed by atoms with Crippen LogP contribution in [0.25, 0.3) is 0 Å². The van der Waals surface area contributed by atoms with Gasteiger partial charge < -0.3 is 10.0 Å². The monoisotopic (exact) mass is 279 g/mol. The number of amides is 1. The Morgan fingerprint density at radius 3 is 2.65 bits per heavy atom. The van der Waals surface area contributed by atoms with Crippen LogP contribution in [0, 0.1) is 19.8 Å². The number of carboxylic acids is 1. The summed E-state index contributed by atoms with van der Waals surface area (Å²) in [5.74, 6) is -1.36. The zero-order chi connectivity index (χ0) is 14.9. The molecule has 0 aromatic carbocycles. The van der Waals surface area contributed by atoms with E-state index >= 15 is 0 Å². The standard InChI is InChI=1S/C14H21N3O3/c1-4-17-10(3)12(9(2)15-17)13(18)16-7-5-6-11(8-16)14(19)20/h11H,4-8H2,1-3H3,(H,19,20)/t11-/m0/s1. The number of piperidine rings is 1. The lowest BCUT2D eigenvalue weighted by atomic mass is 9.97. The Morgan fingerprint density at radius 1 is 1.40 bits per heavy atom. The van der Waals surface area contributed by atoms with Crippen molar-refractivity contribution in [3.63, 3.8) is 0 Å². The molecule has 0 unspecified atom stereocenters. The van der Waals surface area contributed by atoms with E-state index in [9.17, 15) is 9.59 Å². The summed E-state index contributed by atoms with van der Waals surface area (Å²) >= 11 is 0. The van der Waals surface area contributed by atoms with Gasteiger partial charge in [0.1, 0.15) is 0 Å². The molecule has 1 fully saturated rings. The van der Waals surface area contributed by atoms with Crippen molar-refractivity contribution < 1.29 is 14.7 Å². The molecule has 0 bridgehead atoms. The summed E-state index contributed by atoms with van der Waals surface area (Å²) < 4.78 is 1.81. The predicted molar refractivity (Wildman–Crippen MR) is 73.6 cm³/mol. The third-order valence-electron chi connectivity index (χ3n) is 3.95. The first-order valence-electron chi connectivity index (χ1n) is 7.01. The van der Waals surface area contributed by atoms with E-state index in [1.54, 1.807) is 9.58 Å². The average molecular weight is 279 g/mol. The Labute approximate surface area is 118 Å². The van der Waals surface area contributed by atoms with Crippen LogP contribution in [0.1, 0.15) is 41.5 Å². The molecule has 6 heteroatoms. The van der Waals surface area contributed by atoms with Crippen LogP contribution in [0.2, 0.25) is 0 Å². The molecule has 1 amide bonds. The van der Waals surface area contributed by atoms with E-state index in [-0.39, 0.29) is 5.91 Å². The Morgan fingerprint density at radius 2 is 2.10 bits per heavy atom. The highest BCUT2D eigenvalue weighted by Gasteiger charge is 2.31. The van der Waals surface area contributed by atoms with Crippen molar-refractivity contribution in [3.05, 3.63) is 17.0 Å². The fourth-order valence-corrected chi connectivity index (χ4v) is 2.84. The summed E-state index contributed by atoms with van der Waals surface area (Å²) in [4.78, 5) is 25.4. The zero-order valence-electron chi connectivity index (χ0n) is 12.2. The molecule has 1 saturated heterocycles. The highest BCUT2D eigenvalue weighted by molar-refractivity contribution is 5.96. The first kappa shape index (κ1) is 14.6. The molecule has 2 rings (SSSR count). The van der Waals surface area contributed by atoms with Crippen molar-refractivity contribution in [1.29, 1.82) is 0 Å². The third kappa shape index (κ3) is 2.55. The number of carboxylic acid groups (broad SMARTS) is 1. The fraction of sp³-hybridized carbons (Fsp3) is 0.643. The van der Waals surface area contributed by atoms with Gasteiger partial charge in [0.05, 0.1) is 17.2 Å². The molecule has 0 radical (unpaired) electrons. The largest absolute Gasteiger partial charge is 0.481 e. The summed E-state index contributed by atoms with van der Waals surface area (Å²) in [6.45, 7) is 7.33. The molecule has 1 aromatic rings. The highest BCUT2D eigenvalue weighted by Crippen LogP contribution is 2.21. The summed E-state index contributed by atoms with van der Waals surface area (Å²) in [5, 5.41) is 13.5. The number of hydrogen-bond donors (Lipinski definition) is 1. The maximum absolute atomic E-state index is 12.6.